The molecule has 7 heteroatoms. The Kier molecular flexibility index (Phi) is 4.58. The highest BCUT2D eigenvalue weighted by atomic mass is 16.6. The van der Waals surface area contributed by atoms with Crippen molar-refractivity contribution in [3.8, 4) is 0 Å². The number of nitrogens with zero attached hydrogens (tertiary/aromatic N) is 4. The number of hydrogen-bond donors (Lipinski definition) is 1. The molecule has 138 valence electrons. The summed E-state index contributed by atoms with van der Waals surface area (Å²) in [6.07, 6.45) is 5.59. The van der Waals surface area contributed by atoms with Crippen molar-refractivity contribution in [1.82, 2.24) is 9.97 Å². The zero-order valence-electron chi connectivity index (χ0n) is 15.1. The lowest BCUT2D eigenvalue weighted by atomic mass is 10.0. The number of nitro benzene ring substituents is 1. The number of para-hydroxylation sites is 1. The van der Waals surface area contributed by atoms with Crippen LogP contribution in [0.25, 0.3) is 10.9 Å². The summed E-state index contributed by atoms with van der Waals surface area (Å²) < 4.78 is 0. The van der Waals surface area contributed by atoms with E-state index in [2.05, 4.69) is 20.2 Å². The summed E-state index contributed by atoms with van der Waals surface area (Å²) in [6.45, 7) is 3.66. The number of hydrogen-bond acceptors (Lipinski definition) is 6. The standard InChI is InChI=1S/C20H21N5O2/c1-14-12-19(17-5-2-6-18(25(26)27)20(17)22-14)24-10-7-15(8-11-24)23-16-4-3-9-21-13-16/h2-6,9,12-13,15,23H,7-8,10-11H2,1H3. The summed E-state index contributed by atoms with van der Waals surface area (Å²) in [5.41, 5.74) is 3.39. The largest absolute Gasteiger partial charge is 0.381 e. The van der Waals surface area contributed by atoms with Crippen molar-refractivity contribution in [1.29, 1.82) is 0 Å². The van der Waals surface area contributed by atoms with Gasteiger partial charge in [0, 0.05) is 54.4 Å². The van der Waals surface area contributed by atoms with Gasteiger partial charge in [0.1, 0.15) is 0 Å². The van der Waals surface area contributed by atoms with Crippen molar-refractivity contribution in [2.24, 2.45) is 0 Å². The topological polar surface area (TPSA) is 84.2 Å². The zero-order chi connectivity index (χ0) is 18.8. The first-order valence-corrected chi connectivity index (χ1v) is 9.08. The molecule has 1 N–H and O–H groups in total. The number of pyridine rings is 2. The maximum Gasteiger partial charge on any atom is 0.295 e. The van der Waals surface area contributed by atoms with E-state index in [9.17, 15) is 10.1 Å². The number of nitro groups is 1. The van der Waals surface area contributed by atoms with Gasteiger partial charge in [0.25, 0.3) is 5.69 Å². The van der Waals surface area contributed by atoms with Crippen molar-refractivity contribution in [3.63, 3.8) is 0 Å². The Hall–Kier alpha value is -3.22. The van der Waals surface area contributed by atoms with Crippen LogP contribution in [0.5, 0.6) is 0 Å². The Balaban J connectivity index is 1.57. The third-order valence-electron chi connectivity index (χ3n) is 4.99. The third-order valence-corrected chi connectivity index (χ3v) is 4.99. The number of fused-ring (bicyclic) bond motifs is 1. The van der Waals surface area contributed by atoms with E-state index in [1.54, 1.807) is 12.3 Å². The van der Waals surface area contributed by atoms with Crippen molar-refractivity contribution in [2.45, 2.75) is 25.8 Å². The van der Waals surface area contributed by atoms with Crippen molar-refractivity contribution in [3.05, 3.63) is 64.6 Å². The molecule has 3 heterocycles. The molecule has 0 spiro atoms. The second-order valence-corrected chi connectivity index (χ2v) is 6.86. The van der Waals surface area contributed by atoms with Gasteiger partial charge in [-0.25, -0.2) is 4.98 Å². The first kappa shape index (κ1) is 17.2. The summed E-state index contributed by atoms with van der Waals surface area (Å²) in [7, 11) is 0. The fraction of sp³-hybridized carbons (Fsp3) is 0.300. The molecular formula is C20H21N5O2. The molecule has 0 aliphatic carbocycles. The Morgan fingerprint density at radius 1 is 1.22 bits per heavy atom. The molecule has 1 fully saturated rings. The van der Waals surface area contributed by atoms with E-state index in [-0.39, 0.29) is 10.6 Å². The molecule has 27 heavy (non-hydrogen) atoms. The lowest BCUT2D eigenvalue weighted by molar-refractivity contribution is -0.383. The zero-order valence-corrected chi connectivity index (χ0v) is 15.1. The van der Waals surface area contributed by atoms with E-state index in [4.69, 9.17) is 0 Å². The summed E-state index contributed by atoms with van der Waals surface area (Å²) >= 11 is 0. The first-order valence-electron chi connectivity index (χ1n) is 9.08. The summed E-state index contributed by atoms with van der Waals surface area (Å²) in [6, 6.07) is 11.5. The van der Waals surface area contributed by atoms with E-state index >= 15 is 0 Å². The van der Waals surface area contributed by atoms with Crippen LogP contribution in [0.15, 0.2) is 48.8 Å². The van der Waals surface area contributed by atoms with Gasteiger partial charge in [-0.1, -0.05) is 12.1 Å². The number of nitrogens with one attached hydrogen (secondary N) is 1. The van der Waals surface area contributed by atoms with E-state index in [0.717, 1.165) is 48.4 Å². The monoisotopic (exact) mass is 363 g/mol. The Labute approximate surface area is 157 Å². The summed E-state index contributed by atoms with van der Waals surface area (Å²) in [5, 5.41) is 15.7. The summed E-state index contributed by atoms with van der Waals surface area (Å²) in [4.78, 5) is 21.9. The molecular weight excluding hydrogens is 342 g/mol. The molecule has 0 unspecified atom stereocenters. The molecule has 3 aromatic rings. The van der Waals surface area contributed by atoms with E-state index in [0.29, 0.717) is 11.6 Å². The molecule has 0 bridgehead atoms. The lowest BCUT2D eigenvalue weighted by Crippen LogP contribution is -2.39. The average molecular weight is 363 g/mol. The van der Waals surface area contributed by atoms with Crippen LogP contribution in [0.1, 0.15) is 18.5 Å². The van der Waals surface area contributed by atoms with Gasteiger partial charge in [-0.05, 0) is 38.0 Å². The Morgan fingerprint density at radius 3 is 2.74 bits per heavy atom. The average Bonchev–Trinajstić information content (AvgIpc) is 2.68. The highest BCUT2D eigenvalue weighted by Crippen LogP contribution is 2.33. The SMILES string of the molecule is Cc1cc(N2CCC(Nc3cccnc3)CC2)c2cccc([N+](=O)[O-])c2n1. The number of aryl methyl sites for hydroxylation is 1. The minimum atomic E-state index is -0.359. The van der Waals surface area contributed by atoms with Crippen molar-refractivity contribution >= 4 is 28.0 Å². The lowest BCUT2D eigenvalue weighted by Gasteiger charge is -2.35. The number of rotatable bonds is 4. The van der Waals surface area contributed by atoms with Gasteiger partial charge in [0.2, 0.25) is 0 Å². The van der Waals surface area contributed by atoms with Gasteiger partial charge in [0.05, 0.1) is 10.6 Å². The van der Waals surface area contributed by atoms with Crippen LogP contribution in [-0.4, -0.2) is 34.0 Å². The van der Waals surface area contributed by atoms with Gasteiger partial charge in [-0.2, -0.15) is 0 Å². The van der Waals surface area contributed by atoms with E-state index in [1.807, 2.05) is 37.4 Å². The predicted molar refractivity (Wildman–Crippen MR) is 106 cm³/mol. The van der Waals surface area contributed by atoms with Crippen LogP contribution in [-0.2, 0) is 0 Å². The number of anilines is 2. The molecule has 0 atom stereocenters. The molecule has 0 amide bonds. The number of non-ortho nitro benzene ring substituents is 1. The summed E-state index contributed by atoms with van der Waals surface area (Å²) in [5.74, 6) is 0. The van der Waals surface area contributed by atoms with Gasteiger partial charge >= 0.3 is 0 Å². The minimum Gasteiger partial charge on any atom is -0.381 e. The second-order valence-electron chi connectivity index (χ2n) is 6.86. The van der Waals surface area contributed by atoms with Gasteiger partial charge < -0.3 is 10.2 Å². The highest BCUT2D eigenvalue weighted by molar-refractivity contribution is 5.97. The number of piperidine rings is 1. The fourth-order valence-corrected chi connectivity index (χ4v) is 3.70. The highest BCUT2D eigenvalue weighted by Gasteiger charge is 2.23. The molecule has 1 aliphatic rings. The number of benzene rings is 1. The molecule has 0 saturated carbocycles. The van der Waals surface area contributed by atoms with Gasteiger partial charge in [0.15, 0.2) is 5.52 Å². The van der Waals surface area contributed by atoms with Crippen LogP contribution in [0, 0.1) is 17.0 Å². The predicted octanol–water partition coefficient (Wildman–Crippen LogP) is 3.93. The smallest absolute Gasteiger partial charge is 0.295 e. The third kappa shape index (κ3) is 3.53. The molecule has 1 saturated heterocycles. The molecule has 1 aromatic carbocycles. The van der Waals surface area contributed by atoms with Crippen molar-refractivity contribution < 1.29 is 4.92 Å². The Bertz CT molecular complexity index is 969. The minimum absolute atomic E-state index is 0.0607. The Morgan fingerprint density at radius 2 is 2.04 bits per heavy atom. The van der Waals surface area contributed by atoms with Crippen LogP contribution in [0.4, 0.5) is 17.1 Å². The van der Waals surface area contributed by atoms with Gasteiger partial charge in [-0.3, -0.25) is 15.1 Å². The first-order chi connectivity index (χ1) is 13.1. The maximum atomic E-state index is 11.4. The van der Waals surface area contributed by atoms with Crippen molar-refractivity contribution in [2.75, 3.05) is 23.3 Å². The van der Waals surface area contributed by atoms with Crippen LogP contribution in [0.3, 0.4) is 0 Å². The van der Waals surface area contributed by atoms with Crippen LogP contribution >= 0.6 is 0 Å². The quantitative estimate of drug-likeness (QED) is 0.558. The maximum absolute atomic E-state index is 11.4. The fourth-order valence-electron chi connectivity index (χ4n) is 3.70. The van der Waals surface area contributed by atoms with E-state index < -0.39 is 0 Å². The molecule has 0 radical (unpaired) electrons. The van der Waals surface area contributed by atoms with Crippen LogP contribution < -0.4 is 10.2 Å². The molecule has 1 aliphatic heterocycles. The molecule has 4 rings (SSSR count). The van der Waals surface area contributed by atoms with Crippen LogP contribution in [0.2, 0.25) is 0 Å². The molecule has 7 nitrogen and oxygen atoms in total. The van der Waals surface area contributed by atoms with Gasteiger partial charge in [-0.15, -0.1) is 0 Å². The normalized spacial score (nSPS) is 15.1. The molecule has 2 aromatic heterocycles. The van der Waals surface area contributed by atoms with E-state index in [1.165, 1.54) is 6.07 Å². The number of aromatic nitrogens is 2. The second kappa shape index (κ2) is 7.19.